The van der Waals surface area contributed by atoms with Crippen molar-refractivity contribution in [3.05, 3.63) is 94.0 Å². The summed E-state index contributed by atoms with van der Waals surface area (Å²) in [5.74, 6) is 1.34. The lowest BCUT2D eigenvalue weighted by atomic mass is 10.1. The average molecular weight is 437 g/mol. The lowest BCUT2D eigenvalue weighted by Gasteiger charge is -2.09. The summed E-state index contributed by atoms with van der Waals surface area (Å²) in [5, 5.41) is 4.48. The third kappa shape index (κ3) is 7.46. The first kappa shape index (κ1) is 22.4. The number of nitrogens with one attached hydrogen (secondary N) is 1. The maximum Gasteiger partial charge on any atom is 0.271 e. The number of halogens is 1. The zero-order valence-electron chi connectivity index (χ0n) is 17.6. The summed E-state index contributed by atoms with van der Waals surface area (Å²) in [6.45, 7) is 5.28. The SMILES string of the molecule is Cc1cc(C)cc(OCCCOc2ccc(/C=N/NC(=O)c3cccc(Cl)c3)cc2)c1. The van der Waals surface area contributed by atoms with Gasteiger partial charge < -0.3 is 9.47 Å². The summed E-state index contributed by atoms with van der Waals surface area (Å²) in [6, 6.07) is 20.4. The molecular formula is C25H25ClN2O3. The quantitative estimate of drug-likeness (QED) is 0.271. The van der Waals surface area contributed by atoms with E-state index in [9.17, 15) is 4.79 Å². The fourth-order valence-corrected chi connectivity index (χ4v) is 3.16. The van der Waals surface area contributed by atoms with E-state index >= 15 is 0 Å². The number of amides is 1. The first-order valence-electron chi connectivity index (χ1n) is 10.0. The maximum absolute atomic E-state index is 12.0. The van der Waals surface area contributed by atoms with Gasteiger partial charge in [0.1, 0.15) is 11.5 Å². The molecule has 1 amide bonds. The number of hydrogen-bond acceptors (Lipinski definition) is 4. The Morgan fingerprint density at radius 2 is 1.61 bits per heavy atom. The van der Waals surface area contributed by atoms with Crippen LogP contribution in [0.25, 0.3) is 0 Å². The molecule has 0 aliphatic heterocycles. The minimum atomic E-state index is -0.318. The van der Waals surface area contributed by atoms with Crippen molar-refractivity contribution in [3.8, 4) is 11.5 Å². The summed E-state index contributed by atoms with van der Waals surface area (Å²) in [5.41, 5.74) is 6.17. The van der Waals surface area contributed by atoms with E-state index in [1.165, 1.54) is 11.1 Å². The first-order valence-corrected chi connectivity index (χ1v) is 10.4. The Bertz CT molecular complexity index is 1030. The molecule has 0 saturated carbocycles. The molecule has 0 unspecified atom stereocenters. The summed E-state index contributed by atoms with van der Waals surface area (Å²) in [4.78, 5) is 12.0. The van der Waals surface area contributed by atoms with Crippen LogP contribution < -0.4 is 14.9 Å². The van der Waals surface area contributed by atoms with Crippen molar-refractivity contribution in [3.63, 3.8) is 0 Å². The van der Waals surface area contributed by atoms with Gasteiger partial charge in [0.2, 0.25) is 0 Å². The van der Waals surface area contributed by atoms with Crippen molar-refractivity contribution in [1.82, 2.24) is 5.43 Å². The van der Waals surface area contributed by atoms with Crippen LogP contribution in [0, 0.1) is 13.8 Å². The van der Waals surface area contributed by atoms with Gasteiger partial charge in [-0.15, -0.1) is 0 Å². The van der Waals surface area contributed by atoms with E-state index in [1.807, 2.05) is 36.4 Å². The third-order valence-corrected chi connectivity index (χ3v) is 4.60. The van der Waals surface area contributed by atoms with Crippen molar-refractivity contribution in [2.75, 3.05) is 13.2 Å². The molecule has 1 N–H and O–H groups in total. The number of nitrogens with zero attached hydrogens (tertiary/aromatic N) is 1. The number of rotatable bonds is 9. The second-order valence-corrected chi connectivity index (χ2v) is 7.59. The van der Waals surface area contributed by atoms with Gasteiger partial charge in [0.25, 0.3) is 5.91 Å². The summed E-state index contributed by atoms with van der Waals surface area (Å²) >= 11 is 5.89. The molecule has 0 heterocycles. The second kappa shape index (κ2) is 11.2. The van der Waals surface area contributed by atoms with Crippen LogP contribution in [0.15, 0.2) is 71.8 Å². The van der Waals surface area contributed by atoms with Crippen molar-refractivity contribution in [2.24, 2.45) is 5.10 Å². The average Bonchev–Trinajstić information content (AvgIpc) is 2.74. The third-order valence-electron chi connectivity index (χ3n) is 4.37. The van der Waals surface area contributed by atoms with E-state index in [0.29, 0.717) is 23.8 Å². The molecule has 31 heavy (non-hydrogen) atoms. The van der Waals surface area contributed by atoms with Crippen molar-refractivity contribution < 1.29 is 14.3 Å². The molecule has 0 spiro atoms. The van der Waals surface area contributed by atoms with Crippen molar-refractivity contribution in [2.45, 2.75) is 20.3 Å². The highest BCUT2D eigenvalue weighted by Crippen LogP contribution is 2.17. The summed E-state index contributed by atoms with van der Waals surface area (Å²) in [6.07, 6.45) is 2.36. The molecule has 0 saturated heterocycles. The molecule has 0 aliphatic carbocycles. The van der Waals surface area contributed by atoms with E-state index in [1.54, 1.807) is 30.5 Å². The van der Waals surface area contributed by atoms with Crippen LogP contribution in [-0.4, -0.2) is 25.3 Å². The van der Waals surface area contributed by atoms with E-state index < -0.39 is 0 Å². The summed E-state index contributed by atoms with van der Waals surface area (Å²) < 4.78 is 11.5. The second-order valence-electron chi connectivity index (χ2n) is 7.15. The molecule has 0 aromatic heterocycles. The van der Waals surface area contributed by atoms with Gasteiger partial charge in [-0.3, -0.25) is 4.79 Å². The van der Waals surface area contributed by atoms with Gasteiger partial charge in [-0.1, -0.05) is 23.7 Å². The van der Waals surface area contributed by atoms with Crippen LogP contribution >= 0.6 is 11.6 Å². The zero-order chi connectivity index (χ0) is 22.1. The van der Waals surface area contributed by atoms with E-state index in [-0.39, 0.29) is 5.91 Å². The highest BCUT2D eigenvalue weighted by atomic mass is 35.5. The normalized spacial score (nSPS) is 10.8. The topological polar surface area (TPSA) is 59.9 Å². The molecule has 0 aliphatic rings. The fraction of sp³-hybridized carbons (Fsp3) is 0.200. The monoisotopic (exact) mass is 436 g/mol. The van der Waals surface area contributed by atoms with Crippen LogP contribution in [0.3, 0.4) is 0 Å². The van der Waals surface area contributed by atoms with Crippen molar-refractivity contribution in [1.29, 1.82) is 0 Å². The number of aryl methyl sites for hydroxylation is 2. The Balaban J connectivity index is 1.38. The molecule has 0 bridgehead atoms. The van der Waals surface area contributed by atoms with Gasteiger partial charge in [-0.25, -0.2) is 5.43 Å². The van der Waals surface area contributed by atoms with Gasteiger partial charge >= 0.3 is 0 Å². The van der Waals surface area contributed by atoms with Gasteiger partial charge in [0.05, 0.1) is 19.4 Å². The van der Waals surface area contributed by atoms with Gasteiger partial charge in [0.15, 0.2) is 0 Å². The lowest BCUT2D eigenvalue weighted by molar-refractivity contribution is 0.0955. The molecule has 3 rings (SSSR count). The van der Waals surface area contributed by atoms with E-state index in [4.69, 9.17) is 21.1 Å². The largest absolute Gasteiger partial charge is 0.493 e. The molecular weight excluding hydrogens is 412 g/mol. The Kier molecular flexibility index (Phi) is 8.07. The lowest BCUT2D eigenvalue weighted by Crippen LogP contribution is -2.17. The molecule has 0 fully saturated rings. The highest BCUT2D eigenvalue weighted by Gasteiger charge is 2.04. The van der Waals surface area contributed by atoms with E-state index in [2.05, 4.69) is 30.4 Å². The Morgan fingerprint density at radius 1 is 0.935 bits per heavy atom. The molecule has 6 heteroatoms. The zero-order valence-corrected chi connectivity index (χ0v) is 18.4. The minimum Gasteiger partial charge on any atom is -0.493 e. The summed E-state index contributed by atoms with van der Waals surface area (Å²) in [7, 11) is 0. The van der Waals surface area contributed by atoms with Gasteiger partial charge in [-0.05, 0) is 85.1 Å². The highest BCUT2D eigenvalue weighted by molar-refractivity contribution is 6.30. The number of benzene rings is 3. The Hall–Kier alpha value is -3.31. The molecule has 0 atom stereocenters. The standard InChI is InChI=1S/C25H25ClN2O3/c1-18-13-19(2)15-24(14-18)31-12-4-11-30-23-9-7-20(8-10-23)17-27-28-25(29)21-5-3-6-22(26)16-21/h3,5-10,13-17H,4,11-12H2,1-2H3,(H,28,29)/b27-17+. The van der Waals surface area contributed by atoms with Gasteiger partial charge in [-0.2, -0.15) is 5.10 Å². The van der Waals surface area contributed by atoms with Crippen LogP contribution in [0.2, 0.25) is 5.02 Å². The van der Waals surface area contributed by atoms with Crippen molar-refractivity contribution >= 4 is 23.7 Å². The Labute approximate surface area is 187 Å². The molecule has 3 aromatic rings. The fourth-order valence-electron chi connectivity index (χ4n) is 2.97. The number of hydrazone groups is 1. The molecule has 0 radical (unpaired) electrons. The minimum absolute atomic E-state index is 0.318. The van der Waals surface area contributed by atoms with Crippen LogP contribution in [0.5, 0.6) is 11.5 Å². The number of hydrogen-bond donors (Lipinski definition) is 1. The van der Waals surface area contributed by atoms with Gasteiger partial charge in [0, 0.05) is 17.0 Å². The predicted octanol–water partition coefficient (Wildman–Crippen LogP) is 5.57. The Morgan fingerprint density at radius 3 is 2.29 bits per heavy atom. The maximum atomic E-state index is 12.0. The first-order chi connectivity index (χ1) is 15.0. The predicted molar refractivity (Wildman–Crippen MR) is 124 cm³/mol. The number of ether oxygens (including phenoxy) is 2. The van der Waals surface area contributed by atoms with Crippen LogP contribution in [-0.2, 0) is 0 Å². The molecule has 3 aromatic carbocycles. The number of carbonyl (C=O) groups is 1. The van der Waals surface area contributed by atoms with Crippen LogP contribution in [0.1, 0.15) is 33.5 Å². The van der Waals surface area contributed by atoms with Crippen LogP contribution in [0.4, 0.5) is 0 Å². The smallest absolute Gasteiger partial charge is 0.271 e. The molecule has 5 nitrogen and oxygen atoms in total. The molecule has 160 valence electrons. The van der Waals surface area contributed by atoms with E-state index in [0.717, 1.165) is 23.5 Å². The number of carbonyl (C=O) groups excluding carboxylic acids is 1.